The predicted molar refractivity (Wildman–Crippen MR) is 63.4 cm³/mol. The lowest BCUT2D eigenvalue weighted by Gasteiger charge is -2.07. The van der Waals surface area contributed by atoms with E-state index in [0.29, 0.717) is 6.54 Å². The topological polar surface area (TPSA) is 48.1 Å². The van der Waals surface area contributed by atoms with E-state index >= 15 is 0 Å². The van der Waals surface area contributed by atoms with Crippen molar-refractivity contribution < 1.29 is 4.74 Å². The van der Waals surface area contributed by atoms with Crippen molar-refractivity contribution in [2.45, 2.75) is 6.10 Å². The van der Waals surface area contributed by atoms with E-state index < -0.39 is 0 Å². The van der Waals surface area contributed by atoms with E-state index in [1.807, 2.05) is 18.2 Å². The Bertz CT molecular complexity index is 467. The molecule has 0 fully saturated rings. The van der Waals surface area contributed by atoms with Gasteiger partial charge in [-0.15, -0.1) is 11.3 Å². The first-order valence-corrected chi connectivity index (χ1v) is 5.73. The van der Waals surface area contributed by atoms with Crippen LogP contribution < -0.4 is 5.73 Å². The van der Waals surface area contributed by atoms with Crippen molar-refractivity contribution >= 4 is 33.2 Å². The summed E-state index contributed by atoms with van der Waals surface area (Å²) in [5.41, 5.74) is 6.48. The molecule has 2 aromatic rings. The van der Waals surface area contributed by atoms with Gasteiger partial charge in [-0.05, 0) is 12.1 Å². The van der Waals surface area contributed by atoms with E-state index in [1.165, 1.54) is 11.3 Å². The molecule has 0 amide bonds. The number of nitrogens with zero attached hydrogens (tertiary/aromatic N) is 1. The highest BCUT2D eigenvalue weighted by molar-refractivity contribution is 7.19. The average molecular weight is 243 g/mol. The quantitative estimate of drug-likeness (QED) is 0.900. The summed E-state index contributed by atoms with van der Waals surface area (Å²) in [6.45, 7) is 0.425. The third-order valence-corrected chi connectivity index (χ3v) is 3.78. The Morgan fingerprint density at radius 2 is 2.40 bits per heavy atom. The first-order valence-electron chi connectivity index (χ1n) is 4.54. The number of ether oxygens (including phenoxy) is 1. The Labute approximate surface area is 96.8 Å². The molecule has 0 saturated carbocycles. The Kier molecular flexibility index (Phi) is 3.21. The number of aromatic nitrogens is 1. The lowest BCUT2D eigenvalue weighted by molar-refractivity contribution is 0.110. The summed E-state index contributed by atoms with van der Waals surface area (Å²) in [4.78, 5) is 4.44. The Morgan fingerprint density at radius 3 is 3.00 bits per heavy atom. The molecule has 15 heavy (non-hydrogen) atoms. The first kappa shape index (κ1) is 10.8. The third kappa shape index (κ3) is 1.99. The van der Waals surface area contributed by atoms with Crippen molar-refractivity contribution in [1.29, 1.82) is 0 Å². The van der Waals surface area contributed by atoms with Crippen LogP contribution in [0.5, 0.6) is 0 Å². The highest BCUT2D eigenvalue weighted by Gasteiger charge is 2.14. The SMILES string of the molecule is COC(CN)c1nc2cccc(Cl)c2s1. The van der Waals surface area contributed by atoms with E-state index in [0.717, 1.165) is 20.2 Å². The summed E-state index contributed by atoms with van der Waals surface area (Å²) in [5, 5.41) is 1.60. The van der Waals surface area contributed by atoms with Gasteiger partial charge < -0.3 is 10.5 Å². The normalized spacial score (nSPS) is 13.3. The molecule has 1 atom stereocenters. The average Bonchev–Trinajstić information content (AvgIpc) is 2.65. The molecule has 0 radical (unpaired) electrons. The maximum atomic E-state index is 6.06. The molecule has 0 spiro atoms. The summed E-state index contributed by atoms with van der Waals surface area (Å²) in [6.07, 6.45) is -0.140. The Morgan fingerprint density at radius 1 is 1.60 bits per heavy atom. The lowest BCUT2D eigenvalue weighted by Crippen LogP contribution is -2.13. The number of hydrogen-bond donors (Lipinski definition) is 1. The van der Waals surface area contributed by atoms with Crippen LogP contribution in [-0.4, -0.2) is 18.6 Å². The summed E-state index contributed by atoms with van der Waals surface area (Å²) >= 11 is 7.59. The molecule has 0 saturated heterocycles. The van der Waals surface area contributed by atoms with E-state index in [9.17, 15) is 0 Å². The molecule has 0 aliphatic rings. The van der Waals surface area contributed by atoms with Gasteiger partial charge in [-0.25, -0.2) is 4.98 Å². The molecule has 80 valence electrons. The zero-order chi connectivity index (χ0) is 10.8. The molecule has 0 bridgehead atoms. The number of methoxy groups -OCH3 is 1. The van der Waals surface area contributed by atoms with Crippen LogP contribution >= 0.6 is 22.9 Å². The molecular weight excluding hydrogens is 232 g/mol. The van der Waals surface area contributed by atoms with Gasteiger partial charge in [0.25, 0.3) is 0 Å². The minimum absolute atomic E-state index is 0.140. The standard InChI is InChI=1S/C10H11ClN2OS/c1-14-8(5-12)10-13-7-4-2-3-6(11)9(7)15-10/h2-4,8H,5,12H2,1H3. The molecule has 2 N–H and O–H groups in total. The first-order chi connectivity index (χ1) is 7.26. The number of nitrogens with two attached hydrogens (primary N) is 1. The van der Waals surface area contributed by atoms with Gasteiger partial charge in [0, 0.05) is 13.7 Å². The van der Waals surface area contributed by atoms with Crippen LogP contribution in [0.15, 0.2) is 18.2 Å². The molecular formula is C10H11ClN2OS. The van der Waals surface area contributed by atoms with Gasteiger partial charge in [0.2, 0.25) is 0 Å². The summed E-state index contributed by atoms with van der Waals surface area (Å²) in [6, 6.07) is 5.68. The Balaban J connectivity index is 2.51. The Hall–Kier alpha value is -0.680. The zero-order valence-electron chi connectivity index (χ0n) is 8.24. The number of thiazole rings is 1. The second-order valence-corrected chi connectivity index (χ2v) is 4.54. The summed E-state index contributed by atoms with van der Waals surface area (Å²) in [7, 11) is 1.63. The van der Waals surface area contributed by atoms with E-state index in [4.69, 9.17) is 22.1 Å². The molecule has 1 unspecified atom stereocenters. The van der Waals surface area contributed by atoms with Crippen LogP contribution in [0.1, 0.15) is 11.1 Å². The predicted octanol–water partition coefficient (Wildman–Crippen LogP) is 2.60. The zero-order valence-corrected chi connectivity index (χ0v) is 9.81. The van der Waals surface area contributed by atoms with Crippen LogP contribution in [0.4, 0.5) is 0 Å². The smallest absolute Gasteiger partial charge is 0.124 e. The fourth-order valence-electron chi connectivity index (χ4n) is 1.37. The van der Waals surface area contributed by atoms with Crippen molar-refractivity contribution in [2.75, 3.05) is 13.7 Å². The van der Waals surface area contributed by atoms with Crippen molar-refractivity contribution in [3.63, 3.8) is 0 Å². The van der Waals surface area contributed by atoms with Crippen LogP contribution in [-0.2, 0) is 4.74 Å². The fraction of sp³-hybridized carbons (Fsp3) is 0.300. The largest absolute Gasteiger partial charge is 0.373 e. The highest BCUT2D eigenvalue weighted by Crippen LogP contribution is 2.32. The monoisotopic (exact) mass is 242 g/mol. The number of halogens is 1. The van der Waals surface area contributed by atoms with Crippen molar-refractivity contribution in [2.24, 2.45) is 5.73 Å². The third-order valence-electron chi connectivity index (χ3n) is 2.16. The minimum atomic E-state index is -0.140. The van der Waals surface area contributed by atoms with Gasteiger partial charge in [0.1, 0.15) is 11.1 Å². The lowest BCUT2D eigenvalue weighted by atomic mass is 10.3. The van der Waals surface area contributed by atoms with Gasteiger partial charge in [0.05, 0.1) is 15.2 Å². The molecule has 1 aromatic heterocycles. The van der Waals surface area contributed by atoms with Gasteiger partial charge in [-0.3, -0.25) is 0 Å². The van der Waals surface area contributed by atoms with Gasteiger partial charge >= 0.3 is 0 Å². The second-order valence-electron chi connectivity index (χ2n) is 3.10. The van der Waals surface area contributed by atoms with Crippen molar-refractivity contribution in [3.05, 3.63) is 28.2 Å². The van der Waals surface area contributed by atoms with Gasteiger partial charge in [-0.2, -0.15) is 0 Å². The summed E-state index contributed by atoms with van der Waals surface area (Å²) < 4.78 is 6.23. The molecule has 1 aromatic carbocycles. The molecule has 2 rings (SSSR count). The number of rotatable bonds is 3. The van der Waals surface area contributed by atoms with Gasteiger partial charge in [-0.1, -0.05) is 17.7 Å². The van der Waals surface area contributed by atoms with Crippen LogP contribution in [0, 0.1) is 0 Å². The van der Waals surface area contributed by atoms with Crippen LogP contribution in [0.25, 0.3) is 10.2 Å². The number of hydrogen-bond acceptors (Lipinski definition) is 4. The van der Waals surface area contributed by atoms with Crippen molar-refractivity contribution in [3.8, 4) is 0 Å². The molecule has 0 aliphatic heterocycles. The van der Waals surface area contributed by atoms with E-state index in [1.54, 1.807) is 7.11 Å². The molecule has 5 heteroatoms. The fourth-order valence-corrected chi connectivity index (χ4v) is 2.71. The maximum Gasteiger partial charge on any atom is 0.124 e. The van der Waals surface area contributed by atoms with Crippen LogP contribution in [0.3, 0.4) is 0 Å². The maximum absolute atomic E-state index is 6.06. The van der Waals surface area contributed by atoms with Crippen molar-refractivity contribution in [1.82, 2.24) is 4.98 Å². The van der Waals surface area contributed by atoms with E-state index in [2.05, 4.69) is 4.98 Å². The highest BCUT2D eigenvalue weighted by atomic mass is 35.5. The summed E-state index contributed by atoms with van der Waals surface area (Å²) in [5.74, 6) is 0. The molecule has 1 heterocycles. The minimum Gasteiger partial charge on any atom is -0.373 e. The molecule has 3 nitrogen and oxygen atoms in total. The van der Waals surface area contributed by atoms with Crippen LogP contribution in [0.2, 0.25) is 5.02 Å². The van der Waals surface area contributed by atoms with E-state index in [-0.39, 0.29) is 6.10 Å². The second kappa shape index (κ2) is 4.45. The molecule has 0 aliphatic carbocycles. The number of benzene rings is 1. The number of fused-ring (bicyclic) bond motifs is 1. The van der Waals surface area contributed by atoms with Gasteiger partial charge in [0.15, 0.2) is 0 Å².